The maximum atomic E-state index is 11.9. The number of benzene rings is 1. The first-order chi connectivity index (χ1) is 10.5. The van der Waals surface area contributed by atoms with Crippen molar-refractivity contribution in [2.24, 2.45) is 5.73 Å². The number of carbonyl (C=O) groups excluding carboxylic acids is 2. The predicted octanol–water partition coefficient (Wildman–Crippen LogP) is 0.399. The van der Waals surface area contributed by atoms with Crippen LogP contribution in [0, 0.1) is 0 Å². The number of carbonyl (C=O) groups is 2. The summed E-state index contributed by atoms with van der Waals surface area (Å²) in [5.74, 6) is -0.253. The van der Waals surface area contributed by atoms with Crippen molar-refractivity contribution in [2.45, 2.75) is 0 Å². The number of anilines is 1. The lowest BCUT2D eigenvalue weighted by atomic mass is 10.1. The van der Waals surface area contributed by atoms with Gasteiger partial charge in [0.15, 0.2) is 11.5 Å². The van der Waals surface area contributed by atoms with E-state index in [2.05, 4.69) is 10.6 Å². The largest absolute Gasteiger partial charge is 0.493 e. The van der Waals surface area contributed by atoms with E-state index in [0.29, 0.717) is 24.7 Å². The van der Waals surface area contributed by atoms with Crippen LogP contribution in [0.2, 0.25) is 0 Å². The number of nitrogens with one attached hydrogen (secondary N) is 2. The number of primary amides is 1. The van der Waals surface area contributed by atoms with E-state index < -0.39 is 5.91 Å². The van der Waals surface area contributed by atoms with Gasteiger partial charge in [0.05, 0.1) is 38.6 Å². The minimum atomic E-state index is -0.677. The molecule has 1 rings (SSSR count). The van der Waals surface area contributed by atoms with Gasteiger partial charge in [0.1, 0.15) is 0 Å². The molecule has 0 saturated carbocycles. The molecule has 2 amide bonds. The lowest BCUT2D eigenvalue weighted by Crippen LogP contribution is -2.31. The summed E-state index contributed by atoms with van der Waals surface area (Å²) in [6, 6.07) is 2.92. The predicted molar refractivity (Wildman–Crippen MR) is 88.7 cm³/mol. The van der Waals surface area contributed by atoms with Gasteiger partial charge in [-0.2, -0.15) is 0 Å². The number of rotatable bonds is 9. The summed E-state index contributed by atoms with van der Waals surface area (Å²) in [7, 11) is 4.48. The molecule has 9 heteroatoms. The first-order valence-electron chi connectivity index (χ1n) is 6.58. The van der Waals surface area contributed by atoms with Crippen LogP contribution in [-0.2, 0) is 9.53 Å². The SMILES string of the molecule is COCCNCC(=O)Nc1cc(OC)c(OC)cc1C(N)=O.Cl. The number of halogens is 1. The van der Waals surface area contributed by atoms with E-state index in [1.165, 1.54) is 26.4 Å². The van der Waals surface area contributed by atoms with Gasteiger partial charge in [0.2, 0.25) is 5.91 Å². The Morgan fingerprint density at radius 3 is 2.26 bits per heavy atom. The highest BCUT2D eigenvalue weighted by molar-refractivity contribution is 6.04. The molecule has 0 heterocycles. The van der Waals surface area contributed by atoms with Gasteiger partial charge in [0.25, 0.3) is 5.91 Å². The molecule has 8 nitrogen and oxygen atoms in total. The first kappa shape index (κ1) is 21.0. The molecule has 0 unspecified atom stereocenters. The Balaban J connectivity index is 0.00000484. The quantitative estimate of drug-likeness (QED) is 0.557. The zero-order chi connectivity index (χ0) is 16.5. The van der Waals surface area contributed by atoms with Gasteiger partial charge in [0, 0.05) is 19.7 Å². The molecular formula is C14H22ClN3O5. The van der Waals surface area contributed by atoms with Crippen LogP contribution in [-0.4, -0.2) is 52.8 Å². The molecule has 0 aromatic heterocycles. The second kappa shape index (κ2) is 10.7. The van der Waals surface area contributed by atoms with E-state index in [1.54, 1.807) is 7.11 Å². The number of hydrogen-bond acceptors (Lipinski definition) is 6. The van der Waals surface area contributed by atoms with Crippen LogP contribution < -0.4 is 25.8 Å². The summed E-state index contributed by atoms with van der Waals surface area (Å²) >= 11 is 0. The highest BCUT2D eigenvalue weighted by Crippen LogP contribution is 2.33. The molecule has 0 atom stereocenters. The van der Waals surface area contributed by atoms with Crippen LogP contribution in [0.15, 0.2) is 12.1 Å². The van der Waals surface area contributed by atoms with Crippen LogP contribution in [0.3, 0.4) is 0 Å². The average Bonchev–Trinajstić information content (AvgIpc) is 2.50. The fourth-order valence-corrected chi connectivity index (χ4v) is 1.76. The molecule has 23 heavy (non-hydrogen) atoms. The molecule has 130 valence electrons. The Bertz CT molecular complexity index is 539. The van der Waals surface area contributed by atoms with Crippen LogP contribution >= 0.6 is 12.4 Å². The summed E-state index contributed by atoms with van der Waals surface area (Å²) in [5.41, 5.74) is 5.74. The Kier molecular flexibility index (Phi) is 9.71. The molecule has 0 aliphatic rings. The highest BCUT2D eigenvalue weighted by Gasteiger charge is 2.16. The van der Waals surface area contributed by atoms with E-state index in [-0.39, 0.29) is 36.1 Å². The van der Waals surface area contributed by atoms with Crippen molar-refractivity contribution < 1.29 is 23.8 Å². The molecule has 0 saturated heterocycles. The van der Waals surface area contributed by atoms with Gasteiger partial charge in [-0.1, -0.05) is 0 Å². The summed E-state index contributed by atoms with van der Waals surface area (Å²) in [6.07, 6.45) is 0. The fraction of sp³-hybridized carbons (Fsp3) is 0.429. The zero-order valence-electron chi connectivity index (χ0n) is 13.3. The summed E-state index contributed by atoms with van der Waals surface area (Å²) < 4.78 is 15.1. The number of amides is 2. The van der Waals surface area contributed by atoms with Gasteiger partial charge in [-0.15, -0.1) is 12.4 Å². The minimum absolute atomic E-state index is 0. The molecule has 0 fully saturated rings. The number of ether oxygens (including phenoxy) is 3. The van der Waals surface area contributed by atoms with E-state index in [9.17, 15) is 9.59 Å². The first-order valence-corrected chi connectivity index (χ1v) is 6.58. The standard InChI is InChI=1S/C14H21N3O5.ClH/c1-20-5-4-16-8-13(18)17-10-7-12(22-3)11(21-2)6-9(10)14(15)19;/h6-7,16H,4-5,8H2,1-3H3,(H2,15,19)(H,17,18);1H. The van der Waals surface area contributed by atoms with Crippen LogP contribution in [0.4, 0.5) is 5.69 Å². The van der Waals surface area contributed by atoms with Crippen LogP contribution in [0.5, 0.6) is 11.5 Å². The van der Waals surface area contributed by atoms with Gasteiger partial charge in [-0.3, -0.25) is 9.59 Å². The molecule has 4 N–H and O–H groups in total. The molecule has 1 aromatic rings. The Labute approximate surface area is 141 Å². The van der Waals surface area contributed by atoms with Gasteiger partial charge >= 0.3 is 0 Å². The Morgan fingerprint density at radius 1 is 1.13 bits per heavy atom. The van der Waals surface area contributed by atoms with E-state index >= 15 is 0 Å². The van der Waals surface area contributed by atoms with Crippen molar-refractivity contribution in [3.63, 3.8) is 0 Å². The molecule has 1 aromatic carbocycles. The third-order valence-corrected chi connectivity index (χ3v) is 2.83. The van der Waals surface area contributed by atoms with E-state index in [0.717, 1.165) is 0 Å². The van der Waals surface area contributed by atoms with Crippen LogP contribution in [0.25, 0.3) is 0 Å². The maximum absolute atomic E-state index is 11.9. The molecular weight excluding hydrogens is 326 g/mol. The van der Waals surface area contributed by atoms with Crippen molar-refractivity contribution in [3.8, 4) is 11.5 Å². The normalized spacial score (nSPS) is 9.70. The van der Waals surface area contributed by atoms with Crippen molar-refractivity contribution >= 4 is 29.9 Å². The lowest BCUT2D eigenvalue weighted by molar-refractivity contribution is -0.115. The van der Waals surface area contributed by atoms with E-state index in [4.69, 9.17) is 19.9 Å². The average molecular weight is 348 g/mol. The Hall–Kier alpha value is -2.03. The monoisotopic (exact) mass is 347 g/mol. The van der Waals surface area contributed by atoms with Gasteiger partial charge in [-0.05, 0) is 6.07 Å². The zero-order valence-corrected chi connectivity index (χ0v) is 14.1. The lowest BCUT2D eigenvalue weighted by Gasteiger charge is -2.14. The second-order valence-electron chi connectivity index (χ2n) is 4.33. The number of nitrogens with two attached hydrogens (primary N) is 1. The Morgan fingerprint density at radius 2 is 1.74 bits per heavy atom. The summed E-state index contributed by atoms with van der Waals surface area (Å²) in [4.78, 5) is 23.4. The molecule has 0 aliphatic carbocycles. The van der Waals surface area contributed by atoms with Crippen LogP contribution in [0.1, 0.15) is 10.4 Å². The van der Waals surface area contributed by atoms with E-state index in [1.807, 2.05) is 0 Å². The third-order valence-electron chi connectivity index (χ3n) is 2.83. The molecule has 0 aliphatic heterocycles. The molecule has 0 bridgehead atoms. The van der Waals surface area contributed by atoms with Crippen molar-refractivity contribution in [2.75, 3.05) is 46.3 Å². The van der Waals surface area contributed by atoms with Crippen molar-refractivity contribution in [1.29, 1.82) is 0 Å². The second-order valence-corrected chi connectivity index (χ2v) is 4.33. The third kappa shape index (κ3) is 6.31. The van der Waals surface area contributed by atoms with Crippen molar-refractivity contribution in [1.82, 2.24) is 5.32 Å². The summed E-state index contributed by atoms with van der Waals surface area (Å²) in [5, 5.41) is 5.51. The maximum Gasteiger partial charge on any atom is 0.250 e. The minimum Gasteiger partial charge on any atom is -0.493 e. The fourth-order valence-electron chi connectivity index (χ4n) is 1.76. The summed E-state index contributed by atoms with van der Waals surface area (Å²) in [6.45, 7) is 1.12. The smallest absolute Gasteiger partial charge is 0.250 e. The van der Waals surface area contributed by atoms with Gasteiger partial charge < -0.3 is 30.6 Å². The highest BCUT2D eigenvalue weighted by atomic mass is 35.5. The van der Waals surface area contributed by atoms with Crippen molar-refractivity contribution in [3.05, 3.63) is 17.7 Å². The number of hydrogen-bond donors (Lipinski definition) is 3. The molecule has 0 spiro atoms. The molecule has 0 radical (unpaired) electrons. The number of methoxy groups -OCH3 is 3. The topological polar surface area (TPSA) is 112 Å². The van der Waals surface area contributed by atoms with Gasteiger partial charge in [-0.25, -0.2) is 0 Å².